The van der Waals surface area contributed by atoms with Gasteiger partial charge in [-0.05, 0) is 50.8 Å². The lowest BCUT2D eigenvalue weighted by Crippen LogP contribution is -2.41. The summed E-state index contributed by atoms with van der Waals surface area (Å²) in [5.74, 6) is -1.36. The second-order valence-electron chi connectivity index (χ2n) is 7.01. The molecule has 3 heterocycles. The third kappa shape index (κ3) is 2.41. The molecule has 2 saturated heterocycles. The number of nitrogens with zero attached hydrogens (tertiary/aromatic N) is 2. The van der Waals surface area contributed by atoms with Gasteiger partial charge < -0.3 is 9.74 Å². The Hall–Kier alpha value is -2.21. The van der Waals surface area contributed by atoms with Gasteiger partial charge in [-0.25, -0.2) is 4.79 Å². The average Bonchev–Trinajstić information content (AvgIpc) is 2.92. The molecule has 3 aliphatic heterocycles. The normalized spacial score (nSPS) is 29.0. The summed E-state index contributed by atoms with van der Waals surface area (Å²) >= 11 is 0. The predicted octanol–water partition coefficient (Wildman–Crippen LogP) is 2.00. The SMILES string of the molecule is CN1C2CCC1CC(CC(=O)ON1C(=O)c3ccccc3C1=O)C2. The molecule has 0 aromatic heterocycles. The molecule has 2 amide bonds. The molecule has 0 saturated carbocycles. The van der Waals surface area contributed by atoms with Crippen LogP contribution in [0.3, 0.4) is 0 Å². The molecule has 0 aliphatic carbocycles. The maximum Gasteiger partial charge on any atom is 0.333 e. The molecule has 1 aromatic carbocycles. The van der Waals surface area contributed by atoms with E-state index in [1.54, 1.807) is 24.3 Å². The van der Waals surface area contributed by atoms with Crippen LogP contribution in [0.4, 0.5) is 0 Å². The van der Waals surface area contributed by atoms with Crippen LogP contribution in [0.25, 0.3) is 0 Å². The highest BCUT2D eigenvalue weighted by Gasteiger charge is 2.41. The molecule has 2 fully saturated rings. The Balaban J connectivity index is 1.39. The first-order valence-corrected chi connectivity index (χ1v) is 8.45. The van der Waals surface area contributed by atoms with E-state index in [2.05, 4.69) is 11.9 Å². The van der Waals surface area contributed by atoms with Gasteiger partial charge in [-0.15, -0.1) is 0 Å². The maximum absolute atomic E-state index is 12.2. The second-order valence-corrected chi connectivity index (χ2v) is 7.01. The summed E-state index contributed by atoms with van der Waals surface area (Å²) in [5, 5.41) is 0.608. The molecule has 2 bridgehead atoms. The van der Waals surface area contributed by atoms with Crippen molar-refractivity contribution >= 4 is 17.8 Å². The van der Waals surface area contributed by atoms with Crippen LogP contribution in [0.2, 0.25) is 0 Å². The summed E-state index contributed by atoms with van der Waals surface area (Å²) in [7, 11) is 2.15. The zero-order valence-electron chi connectivity index (χ0n) is 13.6. The highest BCUT2D eigenvalue weighted by Crippen LogP contribution is 2.38. The summed E-state index contributed by atoms with van der Waals surface area (Å²) < 4.78 is 0. The zero-order chi connectivity index (χ0) is 16.8. The van der Waals surface area contributed by atoms with Crippen LogP contribution >= 0.6 is 0 Å². The van der Waals surface area contributed by atoms with Crippen molar-refractivity contribution in [3.63, 3.8) is 0 Å². The summed E-state index contributed by atoms with van der Waals surface area (Å²) in [5.41, 5.74) is 0.570. The number of hydrogen-bond donors (Lipinski definition) is 0. The fraction of sp³-hybridized carbons (Fsp3) is 0.500. The Kier molecular flexibility index (Phi) is 3.64. The van der Waals surface area contributed by atoms with Crippen molar-refractivity contribution in [1.29, 1.82) is 0 Å². The molecule has 6 nitrogen and oxygen atoms in total. The van der Waals surface area contributed by atoms with Crippen LogP contribution in [-0.2, 0) is 9.63 Å². The van der Waals surface area contributed by atoms with Crippen molar-refractivity contribution in [2.24, 2.45) is 5.92 Å². The number of fused-ring (bicyclic) bond motifs is 3. The first kappa shape index (κ1) is 15.3. The van der Waals surface area contributed by atoms with Gasteiger partial charge in [0.15, 0.2) is 0 Å². The quantitative estimate of drug-likeness (QED) is 0.794. The fourth-order valence-corrected chi connectivity index (χ4v) is 4.32. The van der Waals surface area contributed by atoms with Gasteiger partial charge in [0.05, 0.1) is 17.5 Å². The van der Waals surface area contributed by atoms with Crippen LogP contribution in [0.5, 0.6) is 0 Å². The second kappa shape index (κ2) is 5.70. The van der Waals surface area contributed by atoms with E-state index in [1.807, 2.05) is 0 Å². The monoisotopic (exact) mass is 328 g/mol. The number of imide groups is 1. The first-order chi connectivity index (χ1) is 11.5. The van der Waals surface area contributed by atoms with Crippen molar-refractivity contribution in [2.45, 2.75) is 44.2 Å². The maximum atomic E-state index is 12.2. The van der Waals surface area contributed by atoms with E-state index in [0.29, 0.717) is 17.1 Å². The van der Waals surface area contributed by atoms with Crippen LogP contribution in [0, 0.1) is 5.92 Å². The molecule has 2 unspecified atom stereocenters. The molecule has 126 valence electrons. The molecule has 3 aliphatic rings. The van der Waals surface area contributed by atoms with Crippen molar-refractivity contribution in [3.8, 4) is 0 Å². The highest BCUT2D eigenvalue weighted by atomic mass is 16.7. The number of hydroxylamine groups is 2. The molecule has 4 rings (SSSR count). The lowest BCUT2D eigenvalue weighted by molar-refractivity contribution is -0.170. The van der Waals surface area contributed by atoms with Crippen molar-refractivity contribution in [3.05, 3.63) is 35.4 Å². The summed E-state index contributed by atoms with van der Waals surface area (Å²) in [6.07, 6.45) is 4.58. The van der Waals surface area contributed by atoms with E-state index in [-0.39, 0.29) is 23.5 Å². The van der Waals surface area contributed by atoms with Crippen LogP contribution in [0.1, 0.15) is 52.8 Å². The van der Waals surface area contributed by atoms with Crippen LogP contribution < -0.4 is 0 Å². The lowest BCUT2D eigenvalue weighted by Gasteiger charge is -2.35. The smallest absolute Gasteiger partial charge is 0.330 e. The number of piperidine rings is 1. The van der Waals surface area contributed by atoms with Gasteiger partial charge in [0, 0.05) is 12.1 Å². The van der Waals surface area contributed by atoms with Gasteiger partial charge in [0.25, 0.3) is 11.8 Å². The van der Waals surface area contributed by atoms with Crippen LogP contribution in [0.15, 0.2) is 24.3 Å². The molecular formula is C18H20N2O4. The van der Waals surface area contributed by atoms with E-state index in [9.17, 15) is 14.4 Å². The van der Waals surface area contributed by atoms with Crippen molar-refractivity contribution in [2.75, 3.05) is 7.05 Å². The summed E-state index contributed by atoms with van der Waals surface area (Å²) in [6, 6.07) is 7.59. The molecule has 24 heavy (non-hydrogen) atoms. The summed E-state index contributed by atoms with van der Waals surface area (Å²) in [4.78, 5) is 44.2. The van der Waals surface area contributed by atoms with E-state index in [4.69, 9.17) is 4.84 Å². The molecule has 0 spiro atoms. The average molecular weight is 328 g/mol. The number of rotatable bonds is 3. The van der Waals surface area contributed by atoms with E-state index < -0.39 is 17.8 Å². The standard InChI is InChI=1S/C18H20N2O4/c1-19-12-6-7-13(19)9-11(8-12)10-16(21)24-20-17(22)14-4-2-3-5-15(14)18(20)23/h2-5,11-13H,6-10H2,1H3. The minimum Gasteiger partial charge on any atom is -0.330 e. The Labute approximate surface area is 140 Å². The Morgan fingerprint density at radius 3 is 2.17 bits per heavy atom. The van der Waals surface area contributed by atoms with Gasteiger partial charge in [-0.3, -0.25) is 9.59 Å². The van der Waals surface area contributed by atoms with Gasteiger partial charge >= 0.3 is 5.97 Å². The number of carbonyl (C=O) groups excluding carboxylic acids is 3. The summed E-state index contributed by atoms with van der Waals surface area (Å²) in [6.45, 7) is 0. The molecule has 0 radical (unpaired) electrons. The Morgan fingerprint density at radius 2 is 1.62 bits per heavy atom. The molecule has 1 aromatic rings. The number of benzene rings is 1. The van der Waals surface area contributed by atoms with E-state index in [0.717, 1.165) is 12.8 Å². The predicted molar refractivity (Wildman–Crippen MR) is 84.9 cm³/mol. The van der Waals surface area contributed by atoms with E-state index >= 15 is 0 Å². The molecular weight excluding hydrogens is 308 g/mol. The van der Waals surface area contributed by atoms with Gasteiger partial charge in [0.2, 0.25) is 0 Å². The Bertz CT molecular complexity index is 668. The Morgan fingerprint density at radius 1 is 1.08 bits per heavy atom. The number of amides is 2. The number of carbonyl (C=O) groups is 3. The zero-order valence-corrected chi connectivity index (χ0v) is 13.6. The fourth-order valence-electron chi connectivity index (χ4n) is 4.32. The minimum atomic E-state index is -0.563. The van der Waals surface area contributed by atoms with Crippen molar-refractivity contribution in [1.82, 2.24) is 9.96 Å². The minimum absolute atomic E-state index is 0.258. The lowest BCUT2D eigenvalue weighted by atomic mass is 9.88. The van der Waals surface area contributed by atoms with Gasteiger partial charge in [-0.2, -0.15) is 0 Å². The van der Waals surface area contributed by atoms with Crippen LogP contribution in [-0.4, -0.2) is 46.9 Å². The van der Waals surface area contributed by atoms with Gasteiger partial charge in [0.1, 0.15) is 0 Å². The molecule has 0 N–H and O–H groups in total. The van der Waals surface area contributed by atoms with Gasteiger partial charge in [-0.1, -0.05) is 17.2 Å². The number of hydrogen-bond acceptors (Lipinski definition) is 5. The first-order valence-electron chi connectivity index (χ1n) is 8.45. The van der Waals surface area contributed by atoms with Crippen molar-refractivity contribution < 1.29 is 19.2 Å². The topological polar surface area (TPSA) is 66.9 Å². The highest BCUT2D eigenvalue weighted by molar-refractivity contribution is 6.20. The van der Waals surface area contributed by atoms with E-state index in [1.165, 1.54) is 12.8 Å². The molecule has 2 atom stereocenters. The third-order valence-electron chi connectivity index (χ3n) is 5.60. The largest absolute Gasteiger partial charge is 0.333 e. The molecule has 6 heteroatoms. The third-order valence-corrected chi connectivity index (χ3v) is 5.60.